The van der Waals surface area contributed by atoms with E-state index in [4.69, 9.17) is 13.6 Å². The van der Waals surface area contributed by atoms with Crippen molar-refractivity contribution in [3.8, 4) is 40.1 Å². The highest BCUT2D eigenvalue weighted by atomic mass is 16.5. The summed E-state index contributed by atoms with van der Waals surface area (Å²) in [6.45, 7) is 15.6. The third-order valence-electron chi connectivity index (χ3n) is 5.47. The van der Waals surface area contributed by atoms with Gasteiger partial charge in [0.25, 0.3) is 0 Å². The van der Waals surface area contributed by atoms with Crippen LogP contribution in [-0.4, -0.2) is 26.4 Å². The molecule has 0 radical (unpaired) electrons. The van der Waals surface area contributed by atoms with Crippen molar-refractivity contribution in [2.24, 2.45) is 5.41 Å². The number of hydrogen-bond acceptors (Lipinski definition) is 8. The quantitative estimate of drug-likeness (QED) is 0.141. The summed E-state index contributed by atoms with van der Waals surface area (Å²) in [6, 6.07) is 14.2. The van der Waals surface area contributed by atoms with Crippen LogP contribution in [0.25, 0.3) is 39.9 Å². The first-order valence-electron chi connectivity index (χ1n) is 11.9. The molecule has 8 nitrogen and oxygen atoms in total. The lowest BCUT2D eigenvalue weighted by atomic mass is 9.85. The van der Waals surface area contributed by atoms with Crippen molar-refractivity contribution in [3.63, 3.8) is 0 Å². The van der Waals surface area contributed by atoms with E-state index in [1.54, 1.807) is 30.3 Å². The minimum absolute atomic E-state index is 0.0482. The normalized spacial score (nSPS) is 12.1. The Hall–Kier alpha value is -4.85. The number of nitrogens with zero attached hydrogens (tertiary/aromatic N) is 4. The lowest BCUT2D eigenvalue weighted by Gasteiger charge is -2.19. The van der Waals surface area contributed by atoms with Crippen molar-refractivity contribution >= 4 is 11.5 Å². The zero-order valence-corrected chi connectivity index (χ0v) is 21.8. The fourth-order valence-corrected chi connectivity index (χ4v) is 3.49. The van der Waals surface area contributed by atoms with Gasteiger partial charge in [0, 0.05) is 29.2 Å². The molecule has 0 unspecified atom stereocenters. The first kappa shape index (κ1) is 26.2. The molecule has 0 aliphatic heterocycles. The fraction of sp³-hybridized carbons (Fsp3) is 0.167. The Kier molecular flexibility index (Phi) is 7.62. The van der Waals surface area contributed by atoms with Crippen molar-refractivity contribution in [1.82, 2.24) is 20.4 Å². The smallest absolute Gasteiger partial charge is 0.308 e. The summed E-state index contributed by atoms with van der Waals surface area (Å²) in [5.41, 5.74) is 3.74. The average molecular weight is 509 g/mol. The van der Waals surface area contributed by atoms with Gasteiger partial charge < -0.3 is 13.6 Å². The lowest BCUT2D eigenvalue weighted by molar-refractivity contribution is -0.131. The number of aromatic nitrogens is 4. The monoisotopic (exact) mass is 508 g/mol. The molecule has 2 heterocycles. The molecule has 0 aliphatic carbocycles. The van der Waals surface area contributed by atoms with Crippen LogP contribution in [0.3, 0.4) is 0 Å². The van der Waals surface area contributed by atoms with Crippen molar-refractivity contribution in [2.75, 3.05) is 0 Å². The number of ether oxygens (including phenoxy) is 1. The van der Waals surface area contributed by atoms with E-state index in [2.05, 4.69) is 54.3 Å². The Morgan fingerprint density at radius 3 is 2.08 bits per heavy atom. The highest BCUT2D eigenvalue weighted by Gasteiger charge is 2.16. The number of carbonyl (C=O) groups excluding carboxylic acids is 1. The standard InChI is InChI=1S/C30H28N4O4/c1-7-9-24(30(4,5)6)15-12-19(2)26-31-33-28(37-26)22-10-8-11-23(18-22)29-34-32-27(38-29)21-13-16-25(17-14-21)36-20(3)35/h7-18H,1-2H2,3-6H3/b15-12-,24-9+. The minimum Gasteiger partial charge on any atom is -0.427 e. The summed E-state index contributed by atoms with van der Waals surface area (Å²) in [5.74, 6) is 1.39. The molecular weight excluding hydrogens is 480 g/mol. The highest BCUT2D eigenvalue weighted by Crippen LogP contribution is 2.30. The molecule has 4 aromatic rings. The molecule has 2 aromatic heterocycles. The van der Waals surface area contributed by atoms with Gasteiger partial charge in [0.15, 0.2) is 0 Å². The summed E-state index contributed by atoms with van der Waals surface area (Å²) < 4.78 is 16.8. The van der Waals surface area contributed by atoms with E-state index in [-0.39, 0.29) is 11.4 Å². The van der Waals surface area contributed by atoms with Crippen LogP contribution in [0.4, 0.5) is 0 Å². The van der Waals surface area contributed by atoms with Crippen molar-refractivity contribution < 1.29 is 18.4 Å². The predicted octanol–water partition coefficient (Wildman–Crippen LogP) is 7.11. The van der Waals surface area contributed by atoms with E-state index >= 15 is 0 Å². The Morgan fingerprint density at radius 1 is 0.868 bits per heavy atom. The van der Waals surface area contributed by atoms with Gasteiger partial charge in [-0.3, -0.25) is 4.79 Å². The van der Waals surface area contributed by atoms with E-state index in [0.717, 1.165) is 5.57 Å². The molecule has 2 aromatic carbocycles. The number of benzene rings is 2. The van der Waals surface area contributed by atoms with Crippen LogP contribution in [0.1, 0.15) is 33.6 Å². The largest absolute Gasteiger partial charge is 0.427 e. The third-order valence-corrected chi connectivity index (χ3v) is 5.47. The van der Waals surface area contributed by atoms with Crippen molar-refractivity contribution in [2.45, 2.75) is 27.7 Å². The highest BCUT2D eigenvalue weighted by molar-refractivity contribution is 5.70. The molecular formula is C30H28N4O4. The van der Waals surface area contributed by atoms with E-state index in [1.165, 1.54) is 6.92 Å². The van der Waals surface area contributed by atoms with Crippen molar-refractivity contribution in [1.29, 1.82) is 0 Å². The van der Waals surface area contributed by atoms with Gasteiger partial charge in [0.2, 0.25) is 23.6 Å². The molecule has 0 aliphatic rings. The maximum atomic E-state index is 11.1. The Morgan fingerprint density at radius 2 is 1.47 bits per heavy atom. The molecule has 38 heavy (non-hydrogen) atoms. The van der Waals surface area contributed by atoms with Gasteiger partial charge in [-0.15, -0.1) is 20.4 Å². The number of esters is 1. The van der Waals surface area contributed by atoms with Crippen LogP contribution in [0.15, 0.2) is 100 Å². The topological polar surface area (TPSA) is 104 Å². The van der Waals surface area contributed by atoms with Gasteiger partial charge in [0.05, 0.1) is 0 Å². The predicted molar refractivity (Wildman–Crippen MR) is 146 cm³/mol. The maximum Gasteiger partial charge on any atom is 0.308 e. The molecule has 8 heteroatoms. The average Bonchev–Trinajstić information content (AvgIpc) is 3.57. The summed E-state index contributed by atoms with van der Waals surface area (Å²) in [6.07, 6.45) is 7.56. The van der Waals surface area contributed by atoms with Crippen LogP contribution in [0.5, 0.6) is 5.75 Å². The summed E-state index contributed by atoms with van der Waals surface area (Å²) in [4.78, 5) is 11.1. The van der Waals surface area contributed by atoms with E-state index in [9.17, 15) is 4.79 Å². The molecule has 0 spiro atoms. The maximum absolute atomic E-state index is 11.1. The van der Waals surface area contributed by atoms with Gasteiger partial charge in [-0.05, 0) is 59.5 Å². The zero-order valence-electron chi connectivity index (χ0n) is 21.8. The van der Waals surface area contributed by atoms with Gasteiger partial charge >= 0.3 is 5.97 Å². The Labute approximate surface area is 221 Å². The number of carbonyl (C=O) groups is 1. The first-order chi connectivity index (χ1) is 18.1. The van der Waals surface area contributed by atoms with Crippen LogP contribution in [0.2, 0.25) is 0 Å². The second-order valence-corrected chi connectivity index (χ2v) is 9.49. The van der Waals surface area contributed by atoms with E-state index in [0.29, 0.717) is 51.6 Å². The second-order valence-electron chi connectivity index (χ2n) is 9.49. The SMILES string of the molecule is C=C/C=C(\C=C/C(=C)c1nnc(-c2cccc(-c3nnc(-c4ccc(OC(C)=O)cc4)o3)c2)o1)C(C)(C)C. The lowest BCUT2D eigenvalue weighted by Crippen LogP contribution is -2.07. The van der Waals surface area contributed by atoms with E-state index in [1.807, 2.05) is 42.5 Å². The van der Waals surface area contributed by atoms with Crippen molar-refractivity contribution in [3.05, 3.63) is 97.5 Å². The molecule has 192 valence electrons. The van der Waals surface area contributed by atoms with Gasteiger partial charge in [-0.25, -0.2) is 0 Å². The van der Waals surface area contributed by atoms with Crippen LogP contribution < -0.4 is 4.74 Å². The zero-order chi connectivity index (χ0) is 27.3. The molecule has 0 amide bonds. The summed E-state index contributed by atoms with van der Waals surface area (Å²) in [7, 11) is 0. The summed E-state index contributed by atoms with van der Waals surface area (Å²) >= 11 is 0. The second kappa shape index (κ2) is 11.0. The number of allylic oxidation sites excluding steroid dienone is 6. The fourth-order valence-electron chi connectivity index (χ4n) is 3.49. The minimum atomic E-state index is -0.387. The van der Waals surface area contributed by atoms with Gasteiger partial charge in [-0.2, -0.15) is 0 Å². The molecule has 0 fully saturated rings. The third kappa shape index (κ3) is 6.28. The molecule has 0 N–H and O–H groups in total. The van der Waals surface area contributed by atoms with Crippen LogP contribution in [-0.2, 0) is 4.79 Å². The number of hydrogen-bond donors (Lipinski definition) is 0. The molecule has 0 atom stereocenters. The Bertz CT molecular complexity index is 1530. The molecule has 0 saturated carbocycles. The van der Waals surface area contributed by atoms with E-state index < -0.39 is 0 Å². The molecule has 0 bridgehead atoms. The Balaban J connectivity index is 1.52. The molecule has 0 saturated heterocycles. The van der Waals surface area contributed by atoms with Gasteiger partial charge in [-0.1, -0.05) is 58.2 Å². The number of rotatable bonds is 8. The van der Waals surface area contributed by atoms with Gasteiger partial charge in [0.1, 0.15) is 5.75 Å². The van der Waals surface area contributed by atoms with Crippen LogP contribution >= 0.6 is 0 Å². The van der Waals surface area contributed by atoms with Crippen LogP contribution in [0, 0.1) is 5.41 Å². The molecule has 4 rings (SSSR count). The first-order valence-corrected chi connectivity index (χ1v) is 11.9. The summed E-state index contributed by atoms with van der Waals surface area (Å²) in [5, 5.41) is 16.7.